The fraction of sp³-hybridized carbons (Fsp3) is 0.0526. The van der Waals surface area contributed by atoms with E-state index in [9.17, 15) is 18.0 Å². The molecule has 0 bridgehead atoms. The van der Waals surface area contributed by atoms with Gasteiger partial charge in [-0.1, -0.05) is 48.5 Å². The first-order chi connectivity index (χ1) is 12.9. The van der Waals surface area contributed by atoms with E-state index in [-0.39, 0.29) is 5.78 Å². The standard InChI is InChI=1S/C19H9F3N4O/c20-19(21,22)14-9-15(27)26-18(23-14)24-16-12-7-3-1-5-10(12)11-6-2-4-8-13(11)17(16)25-26/h1-9H. The van der Waals surface area contributed by atoms with Crippen molar-refractivity contribution in [2.75, 3.05) is 0 Å². The van der Waals surface area contributed by atoms with Crippen LogP contribution in [0.1, 0.15) is 5.69 Å². The normalized spacial score (nSPS) is 12.4. The summed E-state index contributed by atoms with van der Waals surface area (Å²) in [7, 11) is 0. The van der Waals surface area contributed by atoms with Gasteiger partial charge in [0.1, 0.15) is 11.0 Å². The molecule has 8 heteroatoms. The Bertz CT molecular complexity index is 1440. The van der Waals surface area contributed by atoms with Crippen LogP contribution in [0.4, 0.5) is 13.2 Å². The Morgan fingerprint density at radius 1 is 0.778 bits per heavy atom. The number of halogens is 3. The van der Waals surface area contributed by atoms with Gasteiger partial charge in [0.05, 0.1) is 0 Å². The molecule has 2 heterocycles. The van der Waals surface area contributed by atoms with E-state index in [4.69, 9.17) is 0 Å². The Kier molecular flexibility index (Phi) is 3.04. The zero-order chi connectivity index (χ0) is 18.8. The number of benzene rings is 3. The van der Waals surface area contributed by atoms with Gasteiger partial charge in [0.25, 0.3) is 11.3 Å². The van der Waals surface area contributed by atoms with Gasteiger partial charge in [-0.3, -0.25) is 4.79 Å². The van der Waals surface area contributed by atoms with Crippen LogP contribution in [0.5, 0.6) is 0 Å². The van der Waals surface area contributed by atoms with Crippen LogP contribution in [-0.4, -0.2) is 19.6 Å². The van der Waals surface area contributed by atoms with E-state index in [2.05, 4.69) is 15.1 Å². The van der Waals surface area contributed by atoms with Crippen LogP contribution in [0, 0.1) is 0 Å². The lowest BCUT2D eigenvalue weighted by Crippen LogP contribution is -2.22. The second kappa shape index (κ2) is 5.23. The summed E-state index contributed by atoms with van der Waals surface area (Å²) in [6.07, 6.45) is -4.74. The minimum atomic E-state index is -4.74. The first kappa shape index (κ1) is 15.7. The highest BCUT2D eigenvalue weighted by Crippen LogP contribution is 2.33. The van der Waals surface area contributed by atoms with Crippen LogP contribution in [0.3, 0.4) is 0 Å². The number of rotatable bonds is 0. The van der Waals surface area contributed by atoms with Gasteiger partial charge in [0, 0.05) is 16.8 Å². The monoisotopic (exact) mass is 366 g/mol. The quantitative estimate of drug-likeness (QED) is 0.307. The van der Waals surface area contributed by atoms with Crippen molar-refractivity contribution >= 4 is 38.4 Å². The molecule has 0 aliphatic rings. The lowest BCUT2D eigenvalue weighted by atomic mass is 10.00. The van der Waals surface area contributed by atoms with Gasteiger partial charge in [-0.15, -0.1) is 0 Å². The molecular weight excluding hydrogens is 357 g/mol. The Morgan fingerprint density at radius 3 is 1.93 bits per heavy atom. The smallest absolute Gasteiger partial charge is 0.267 e. The van der Waals surface area contributed by atoms with Crippen LogP contribution in [0.2, 0.25) is 0 Å². The maximum absolute atomic E-state index is 13.0. The maximum Gasteiger partial charge on any atom is 0.433 e. The lowest BCUT2D eigenvalue weighted by molar-refractivity contribution is -0.141. The summed E-state index contributed by atoms with van der Waals surface area (Å²) in [5.41, 5.74) is -1.39. The van der Waals surface area contributed by atoms with E-state index in [1.54, 1.807) is 0 Å². The predicted molar refractivity (Wildman–Crippen MR) is 94.6 cm³/mol. The van der Waals surface area contributed by atoms with Crippen molar-refractivity contribution in [3.05, 3.63) is 70.6 Å². The van der Waals surface area contributed by atoms with Crippen molar-refractivity contribution in [2.45, 2.75) is 6.18 Å². The topological polar surface area (TPSA) is 60.2 Å². The van der Waals surface area contributed by atoms with Gasteiger partial charge < -0.3 is 0 Å². The van der Waals surface area contributed by atoms with E-state index >= 15 is 0 Å². The lowest BCUT2D eigenvalue weighted by Gasteiger charge is -2.11. The minimum Gasteiger partial charge on any atom is -0.267 e. The average Bonchev–Trinajstić information content (AvgIpc) is 2.66. The third kappa shape index (κ3) is 2.26. The zero-order valence-electron chi connectivity index (χ0n) is 13.5. The molecule has 0 spiro atoms. The molecule has 0 unspecified atom stereocenters. The third-order valence-electron chi connectivity index (χ3n) is 4.46. The second-order valence-electron chi connectivity index (χ2n) is 6.09. The third-order valence-corrected chi connectivity index (χ3v) is 4.46. The van der Waals surface area contributed by atoms with Crippen LogP contribution in [0.25, 0.3) is 38.4 Å². The first-order valence-corrected chi connectivity index (χ1v) is 8.02. The molecule has 0 atom stereocenters. The van der Waals surface area contributed by atoms with Gasteiger partial charge in [-0.25, -0.2) is 9.97 Å². The average molecular weight is 366 g/mol. The van der Waals surface area contributed by atoms with Crippen molar-refractivity contribution in [3.8, 4) is 0 Å². The predicted octanol–water partition coefficient (Wildman–Crippen LogP) is 3.96. The minimum absolute atomic E-state index is 0.386. The second-order valence-corrected chi connectivity index (χ2v) is 6.09. The van der Waals surface area contributed by atoms with Gasteiger partial charge >= 0.3 is 6.18 Å². The number of fused-ring (bicyclic) bond motifs is 7. The largest absolute Gasteiger partial charge is 0.433 e. The Hall–Kier alpha value is -3.55. The highest BCUT2D eigenvalue weighted by atomic mass is 19.4. The molecule has 0 aliphatic heterocycles. The van der Waals surface area contributed by atoms with Gasteiger partial charge in [-0.05, 0) is 10.8 Å². The van der Waals surface area contributed by atoms with Gasteiger partial charge in [-0.2, -0.15) is 22.8 Å². The number of hydrogen-bond donors (Lipinski definition) is 0. The summed E-state index contributed by atoms with van der Waals surface area (Å²) < 4.78 is 39.8. The molecule has 0 N–H and O–H groups in total. The summed E-state index contributed by atoms with van der Waals surface area (Å²) in [5.74, 6) is -0.386. The highest BCUT2D eigenvalue weighted by molar-refractivity contribution is 6.22. The van der Waals surface area contributed by atoms with Crippen LogP contribution in [-0.2, 0) is 6.18 Å². The van der Waals surface area contributed by atoms with Gasteiger partial charge in [0.2, 0.25) is 0 Å². The van der Waals surface area contributed by atoms with E-state index in [0.29, 0.717) is 17.1 Å². The van der Waals surface area contributed by atoms with E-state index in [0.717, 1.165) is 26.1 Å². The summed E-state index contributed by atoms with van der Waals surface area (Å²) >= 11 is 0. The molecule has 5 nitrogen and oxygen atoms in total. The zero-order valence-corrected chi connectivity index (χ0v) is 13.5. The molecule has 132 valence electrons. The maximum atomic E-state index is 13.0. The fourth-order valence-electron chi connectivity index (χ4n) is 3.29. The van der Waals surface area contributed by atoms with Crippen LogP contribution >= 0.6 is 0 Å². The number of alkyl halides is 3. The number of aromatic nitrogens is 4. The van der Waals surface area contributed by atoms with Crippen molar-refractivity contribution < 1.29 is 13.2 Å². The molecule has 0 radical (unpaired) electrons. The van der Waals surface area contributed by atoms with E-state index < -0.39 is 17.4 Å². The molecule has 0 aliphatic carbocycles. The van der Waals surface area contributed by atoms with Gasteiger partial charge in [0.15, 0.2) is 5.69 Å². The molecule has 0 fully saturated rings. The fourth-order valence-corrected chi connectivity index (χ4v) is 3.29. The summed E-state index contributed by atoms with van der Waals surface area (Å²) in [6.45, 7) is 0. The van der Waals surface area contributed by atoms with Crippen molar-refractivity contribution in [1.29, 1.82) is 0 Å². The molecule has 2 aromatic heterocycles. The number of nitrogens with zero attached hydrogens (tertiary/aromatic N) is 4. The van der Waals surface area contributed by atoms with Crippen molar-refractivity contribution in [2.24, 2.45) is 0 Å². The Morgan fingerprint density at radius 2 is 1.33 bits per heavy atom. The number of hydrogen-bond acceptors (Lipinski definition) is 4. The molecule has 5 rings (SSSR count). The first-order valence-electron chi connectivity index (χ1n) is 8.02. The Labute approximate surface area is 148 Å². The Balaban J connectivity index is 2.05. The van der Waals surface area contributed by atoms with Crippen LogP contribution in [0.15, 0.2) is 59.4 Å². The van der Waals surface area contributed by atoms with E-state index in [1.165, 1.54) is 0 Å². The summed E-state index contributed by atoms with van der Waals surface area (Å²) in [6, 6.07) is 15.3. The summed E-state index contributed by atoms with van der Waals surface area (Å²) in [5, 5.41) is 7.59. The van der Waals surface area contributed by atoms with E-state index in [1.807, 2.05) is 48.5 Å². The molecule has 3 aromatic carbocycles. The van der Waals surface area contributed by atoms with Crippen molar-refractivity contribution in [3.63, 3.8) is 0 Å². The summed E-state index contributed by atoms with van der Waals surface area (Å²) in [4.78, 5) is 20.0. The molecule has 0 saturated heterocycles. The van der Waals surface area contributed by atoms with Crippen molar-refractivity contribution in [1.82, 2.24) is 19.6 Å². The SMILES string of the molecule is O=c1cc(C(F)(F)F)nc2nc3c4ccccc4c4ccccc4c3nn12. The van der Waals surface area contributed by atoms with Crippen LogP contribution < -0.4 is 5.56 Å². The molecule has 27 heavy (non-hydrogen) atoms. The molecular formula is C19H9F3N4O. The molecule has 5 aromatic rings. The molecule has 0 saturated carbocycles. The highest BCUT2D eigenvalue weighted by Gasteiger charge is 2.34. The molecule has 0 amide bonds.